The molecule has 0 heterocycles. The lowest BCUT2D eigenvalue weighted by atomic mass is 10.1. The first-order valence-electron chi connectivity index (χ1n) is 6.60. The zero-order chi connectivity index (χ0) is 13.8. The van der Waals surface area contributed by atoms with Crippen molar-refractivity contribution in [1.29, 1.82) is 0 Å². The average molecular weight is 255 g/mol. The highest BCUT2D eigenvalue weighted by Gasteiger charge is 2.07. The third-order valence-corrected chi connectivity index (χ3v) is 3.36. The third kappa shape index (κ3) is 3.15. The van der Waals surface area contributed by atoms with Crippen molar-refractivity contribution >= 4 is 0 Å². The van der Waals surface area contributed by atoms with Crippen LogP contribution in [0.25, 0.3) is 0 Å². The van der Waals surface area contributed by atoms with E-state index in [1.54, 1.807) is 0 Å². The molecular weight excluding hydrogens is 234 g/mol. The summed E-state index contributed by atoms with van der Waals surface area (Å²) in [6.45, 7) is 7.10. The molecule has 0 aliphatic carbocycles. The Kier molecular flexibility index (Phi) is 4.23. The Morgan fingerprint density at radius 3 is 2.53 bits per heavy atom. The predicted molar refractivity (Wildman–Crippen MR) is 79.9 cm³/mol. The highest BCUT2D eigenvalue weighted by Crippen LogP contribution is 2.29. The Morgan fingerprint density at radius 1 is 1.00 bits per heavy atom. The van der Waals surface area contributed by atoms with E-state index in [0.717, 1.165) is 18.0 Å². The van der Waals surface area contributed by atoms with Crippen molar-refractivity contribution in [2.45, 2.75) is 27.3 Å². The van der Waals surface area contributed by atoms with E-state index in [0.29, 0.717) is 0 Å². The summed E-state index contributed by atoms with van der Waals surface area (Å²) in [6, 6.07) is 12.4. The van der Waals surface area contributed by atoms with E-state index in [-0.39, 0.29) is 0 Å². The molecule has 0 aliphatic heterocycles. The minimum atomic E-state index is 0.807. The molecular formula is C17H21NO. The van der Waals surface area contributed by atoms with Crippen LogP contribution in [0.4, 0.5) is 0 Å². The van der Waals surface area contributed by atoms with E-state index in [1.165, 1.54) is 22.3 Å². The van der Waals surface area contributed by atoms with E-state index >= 15 is 0 Å². The van der Waals surface area contributed by atoms with Crippen LogP contribution in [0, 0.1) is 20.8 Å². The van der Waals surface area contributed by atoms with Gasteiger partial charge < -0.3 is 10.1 Å². The van der Waals surface area contributed by atoms with Crippen LogP contribution in [0.2, 0.25) is 0 Å². The average Bonchev–Trinajstić information content (AvgIpc) is 2.38. The van der Waals surface area contributed by atoms with Gasteiger partial charge in [-0.1, -0.05) is 29.8 Å². The molecule has 1 N–H and O–H groups in total. The van der Waals surface area contributed by atoms with Crippen molar-refractivity contribution in [2.24, 2.45) is 0 Å². The monoisotopic (exact) mass is 255 g/mol. The number of hydrogen-bond acceptors (Lipinski definition) is 2. The Morgan fingerprint density at radius 2 is 1.79 bits per heavy atom. The Bertz CT molecular complexity index is 575. The molecule has 0 saturated heterocycles. The first-order valence-corrected chi connectivity index (χ1v) is 6.60. The second kappa shape index (κ2) is 5.89. The fraction of sp³-hybridized carbons (Fsp3) is 0.294. The van der Waals surface area contributed by atoms with Crippen molar-refractivity contribution in [3.63, 3.8) is 0 Å². The van der Waals surface area contributed by atoms with Gasteiger partial charge in [0.1, 0.15) is 11.5 Å². The van der Waals surface area contributed by atoms with Gasteiger partial charge in [0.05, 0.1) is 0 Å². The molecule has 2 heteroatoms. The van der Waals surface area contributed by atoms with Crippen LogP contribution in [0.15, 0.2) is 36.4 Å². The predicted octanol–water partition coefficient (Wildman–Crippen LogP) is 4.12. The van der Waals surface area contributed by atoms with Gasteiger partial charge in [0, 0.05) is 12.1 Å². The van der Waals surface area contributed by atoms with Gasteiger partial charge in [-0.15, -0.1) is 0 Å². The van der Waals surface area contributed by atoms with E-state index in [4.69, 9.17) is 4.74 Å². The summed E-state index contributed by atoms with van der Waals surface area (Å²) in [5, 5.41) is 3.18. The van der Waals surface area contributed by atoms with Crippen molar-refractivity contribution in [3.05, 3.63) is 58.7 Å². The lowest BCUT2D eigenvalue weighted by Crippen LogP contribution is -2.06. The molecule has 2 aromatic carbocycles. The molecule has 2 nitrogen and oxygen atoms in total. The molecule has 19 heavy (non-hydrogen) atoms. The maximum absolute atomic E-state index is 6.09. The summed E-state index contributed by atoms with van der Waals surface area (Å²) in [5.41, 5.74) is 4.88. The van der Waals surface area contributed by atoms with E-state index < -0.39 is 0 Å². The quantitative estimate of drug-likeness (QED) is 0.887. The molecule has 0 spiro atoms. The van der Waals surface area contributed by atoms with Crippen molar-refractivity contribution < 1.29 is 4.74 Å². The molecule has 0 fully saturated rings. The summed E-state index contributed by atoms with van der Waals surface area (Å²) < 4.78 is 6.09. The van der Waals surface area contributed by atoms with Gasteiger partial charge in [0.25, 0.3) is 0 Å². The molecule has 0 saturated carbocycles. The number of rotatable bonds is 4. The number of aryl methyl sites for hydroxylation is 2. The number of nitrogens with one attached hydrogen (secondary N) is 1. The molecule has 100 valence electrons. The lowest BCUT2D eigenvalue weighted by molar-refractivity contribution is 0.470. The van der Waals surface area contributed by atoms with Crippen molar-refractivity contribution in [2.75, 3.05) is 7.05 Å². The summed E-state index contributed by atoms with van der Waals surface area (Å²) in [7, 11) is 1.95. The molecule has 0 amide bonds. The minimum absolute atomic E-state index is 0.807. The van der Waals surface area contributed by atoms with Crippen LogP contribution >= 0.6 is 0 Å². The largest absolute Gasteiger partial charge is 0.457 e. The van der Waals surface area contributed by atoms with Crippen LogP contribution in [0.3, 0.4) is 0 Å². The summed E-state index contributed by atoms with van der Waals surface area (Å²) in [6.07, 6.45) is 0. The molecule has 0 bridgehead atoms. The van der Waals surface area contributed by atoms with Crippen LogP contribution in [0.1, 0.15) is 22.3 Å². The molecule has 0 unspecified atom stereocenters. The molecule has 0 atom stereocenters. The van der Waals surface area contributed by atoms with Gasteiger partial charge in [-0.05, 0) is 51.1 Å². The van der Waals surface area contributed by atoms with Gasteiger partial charge in [0.2, 0.25) is 0 Å². The number of benzene rings is 2. The molecule has 0 radical (unpaired) electrons. The van der Waals surface area contributed by atoms with Gasteiger partial charge >= 0.3 is 0 Å². The third-order valence-electron chi connectivity index (χ3n) is 3.36. The summed E-state index contributed by atoms with van der Waals surface area (Å²) in [4.78, 5) is 0. The molecule has 0 aliphatic rings. The first-order chi connectivity index (χ1) is 9.11. The zero-order valence-electron chi connectivity index (χ0n) is 12.1. The SMILES string of the molecule is CNCc1cc(C)ccc1Oc1cccc(C)c1C. The fourth-order valence-corrected chi connectivity index (χ4v) is 2.09. The standard InChI is InChI=1S/C17H21NO/c1-12-8-9-17(15(10-12)11-18-4)19-16-7-5-6-13(2)14(16)3/h5-10,18H,11H2,1-4H3. The smallest absolute Gasteiger partial charge is 0.131 e. The highest BCUT2D eigenvalue weighted by atomic mass is 16.5. The lowest BCUT2D eigenvalue weighted by Gasteiger charge is -2.14. The van der Waals surface area contributed by atoms with Crippen molar-refractivity contribution in [3.8, 4) is 11.5 Å². The highest BCUT2D eigenvalue weighted by molar-refractivity contribution is 5.44. The maximum Gasteiger partial charge on any atom is 0.131 e. The van der Waals surface area contributed by atoms with E-state index in [9.17, 15) is 0 Å². The van der Waals surface area contributed by atoms with Crippen LogP contribution in [0.5, 0.6) is 11.5 Å². The zero-order valence-corrected chi connectivity index (χ0v) is 12.1. The Labute approximate surface area is 115 Å². The molecule has 2 aromatic rings. The summed E-state index contributed by atoms with van der Waals surface area (Å²) >= 11 is 0. The topological polar surface area (TPSA) is 21.3 Å². The second-order valence-electron chi connectivity index (χ2n) is 4.94. The normalized spacial score (nSPS) is 10.5. The summed E-state index contributed by atoms with van der Waals surface area (Å²) in [5.74, 6) is 1.86. The minimum Gasteiger partial charge on any atom is -0.457 e. The van der Waals surface area contributed by atoms with E-state index in [1.807, 2.05) is 25.2 Å². The number of hydrogen-bond donors (Lipinski definition) is 1. The van der Waals surface area contributed by atoms with Gasteiger partial charge in [-0.25, -0.2) is 0 Å². The van der Waals surface area contributed by atoms with Crippen LogP contribution < -0.4 is 10.1 Å². The van der Waals surface area contributed by atoms with Gasteiger partial charge in [-0.2, -0.15) is 0 Å². The van der Waals surface area contributed by atoms with Crippen LogP contribution in [-0.4, -0.2) is 7.05 Å². The van der Waals surface area contributed by atoms with Gasteiger partial charge in [0.15, 0.2) is 0 Å². The molecule has 0 aromatic heterocycles. The maximum atomic E-state index is 6.09. The fourth-order valence-electron chi connectivity index (χ4n) is 2.09. The Balaban J connectivity index is 2.35. The second-order valence-corrected chi connectivity index (χ2v) is 4.94. The van der Waals surface area contributed by atoms with E-state index in [2.05, 4.69) is 44.3 Å². The molecule has 2 rings (SSSR count). The first kappa shape index (κ1) is 13.6. The van der Waals surface area contributed by atoms with Gasteiger partial charge in [-0.3, -0.25) is 0 Å². The number of ether oxygens (including phenoxy) is 1. The van der Waals surface area contributed by atoms with Crippen LogP contribution in [-0.2, 0) is 6.54 Å². The Hall–Kier alpha value is -1.80. The van der Waals surface area contributed by atoms with Crippen molar-refractivity contribution in [1.82, 2.24) is 5.32 Å².